The second kappa shape index (κ2) is 9.15. The van der Waals surface area contributed by atoms with E-state index in [1.54, 1.807) is 0 Å². The Hall–Kier alpha value is -0.440. The normalized spacial score (nSPS) is 37.2. The molecule has 138 valence electrons. The molecule has 1 saturated heterocycles. The van der Waals surface area contributed by atoms with Crippen molar-refractivity contribution in [2.75, 3.05) is 19.8 Å². The van der Waals surface area contributed by atoms with Crippen molar-refractivity contribution < 1.29 is 55.4 Å². The van der Waals surface area contributed by atoms with Crippen LogP contribution in [0.2, 0.25) is 0 Å². The Kier molecular flexibility index (Phi) is 8.20. The van der Waals surface area contributed by atoms with Gasteiger partial charge in [0.25, 0.3) is 0 Å². The van der Waals surface area contributed by atoms with Gasteiger partial charge >= 0.3 is 0 Å². The Labute approximate surface area is 131 Å². The van der Waals surface area contributed by atoms with Crippen LogP contribution in [0.15, 0.2) is 0 Å². The second-order valence-electron chi connectivity index (χ2n) is 5.29. The first-order chi connectivity index (χ1) is 10.8. The molecular weight excluding hydrogens is 320 g/mol. The number of hydrogen-bond acceptors (Lipinski definition) is 11. The van der Waals surface area contributed by atoms with Crippen LogP contribution >= 0.6 is 0 Å². The number of aliphatic hydroxyl groups is 9. The molecule has 0 amide bonds. The summed E-state index contributed by atoms with van der Waals surface area (Å²) in [5.41, 5.74) is 0. The zero-order valence-corrected chi connectivity index (χ0v) is 12.2. The lowest BCUT2D eigenvalue weighted by atomic mass is 9.99. The van der Waals surface area contributed by atoms with E-state index >= 15 is 0 Å². The zero-order chi connectivity index (χ0) is 17.7. The van der Waals surface area contributed by atoms with Crippen LogP contribution in [0, 0.1) is 0 Å². The van der Waals surface area contributed by atoms with Gasteiger partial charge < -0.3 is 55.4 Å². The van der Waals surface area contributed by atoms with Crippen molar-refractivity contribution in [3.05, 3.63) is 0 Å². The van der Waals surface area contributed by atoms with Crippen molar-refractivity contribution in [1.29, 1.82) is 0 Å². The predicted molar refractivity (Wildman–Crippen MR) is 70.8 cm³/mol. The van der Waals surface area contributed by atoms with Crippen LogP contribution in [0.3, 0.4) is 0 Å². The van der Waals surface area contributed by atoms with Crippen molar-refractivity contribution in [3.8, 4) is 0 Å². The van der Waals surface area contributed by atoms with Gasteiger partial charge in [0.15, 0.2) is 6.29 Å². The number of rotatable bonds is 8. The van der Waals surface area contributed by atoms with Gasteiger partial charge in [-0.1, -0.05) is 0 Å². The van der Waals surface area contributed by atoms with E-state index in [1.165, 1.54) is 0 Å². The summed E-state index contributed by atoms with van der Waals surface area (Å²) < 4.78 is 10.1. The Bertz CT molecular complexity index is 341. The minimum Gasteiger partial charge on any atom is -0.394 e. The first-order valence-corrected chi connectivity index (χ1v) is 7.00. The van der Waals surface area contributed by atoms with E-state index < -0.39 is 74.9 Å². The van der Waals surface area contributed by atoms with Crippen LogP contribution in [0.25, 0.3) is 0 Å². The maximum Gasteiger partial charge on any atom is 0.187 e. The third-order valence-corrected chi connectivity index (χ3v) is 3.65. The molecule has 0 aromatic carbocycles. The third-order valence-electron chi connectivity index (χ3n) is 3.65. The number of aliphatic hydroxyl groups excluding tert-OH is 9. The third kappa shape index (κ3) is 4.78. The topological polar surface area (TPSA) is 201 Å². The zero-order valence-electron chi connectivity index (χ0n) is 12.2. The quantitative estimate of drug-likeness (QED) is 0.203. The summed E-state index contributed by atoms with van der Waals surface area (Å²) in [4.78, 5) is 0. The Morgan fingerprint density at radius 3 is 1.91 bits per heavy atom. The highest BCUT2D eigenvalue weighted by Crippen LogP contribution is 2.24. The molecule has 0 bridgehead atoms. The van der Waals surface area contributed by atoms with Gasteiger partial charge in [0.05, 0.1) is 19.8 Å². The molecule has 23 heavy (non-hydrogen) atoms. The molecule has 11 heteroatoms. The van der Waals surface area contributed by atoms with Crippen LogP contribution < -0.4 is 0 Å². The molecule has 1 aliphatic rings. The van der Waals surface area contributed by atoms with Crippen molar-refractivity contribution in [1.82, 2.24) is 0 Å². The van der Waals surface area contributed by atoms with Gasteiger partial charge in [-0.05, 0) is 0 Å². The number of hydrogen-bond donors (Lipinski definition) is 9. The van der Waals surface area contributed by atoms with Crippen LogP contribution in [-0.2, 0) is 9.47 Å². The van der Waals surface area contributed by atoms with Gasteiger partial charge in [-0.3, -0.25) is 0 Å². The second-order valence-corrected chi connectivity index (χ2v) is 5.29. The fourth-order valence-corrected chi connectivity index (χ4v) is 2.14. The van der Waals surface area contributed by atoms with Crippen molar-refractivity contribution in [2.45, 2.75) is 55.1 Å². The highest BCUT2D eigenvalue weighted by molar-refractivity contribution is 4.90. The summed E-state index contributed by atoms with van der Waals surface area (Å²) in [5, 5.41) is 84.7. The molecule has 9 N–H and O–H groups in total. The van der Waals surface area contributed by atoms with E-state index in [1.807, 2.05) is 0 Å². The van der Waals surface area contributed by atoms with Crippen molar-refractivity contribution >= 4 is 0 Å². The van der Waals surface area contributed by atoms with Gasteiger partial charge in [0.1, 0.15) is 48.8 Å². The summed E-state index contributed by atoms with van der Waals surface area (Å²) in [5.74, 6) is 0. The molecule has 9 unspecified atom stereocenters. The highest BCUT2D eigenvalue weighted by Gasteiger charge is 2.46. The van der Waals surface area contributed by atoms with Crippen LogP contribution in [-0.4, -0.2) is 121 Å². The predicted octanol–water partition coefficient (Wildman–Crippen LogP) is -5.76. The molecule has 1 rings (SSSR count). The monoisotopic (exact) mass is 344 g/mol. The van der Waals surface area contributed by atoms with Gasteiger partial charge in [-0.2, -0.15) is 0 Å². The smallest absolute Gasteiger partial charge is 0.187 e. The molecule has 1 aliphatic heterocycles. The van der Waals surface area contributed by atoms with E-state index in [9.17, 15) is 35.7 Å². The molecule has 0 spiro atoms. The summed E-state index contributed by atoms with van der Waals surface area (Å²) in [6, 6.07) is 0. The lowest BCUT2D eigenvalue weighted by Gasteiger charge is -2.41. The largest absolute Gasteiger partial charge is 0.394 e. The van der Waals surface area contributed by atoms with Gasteiger partial charge in [-0.15, -0.1) is 0 Å². The van der Waals surface area contributed by atoms with Crippen molar-refractivity contribution in [3.63, 3.8) is 0 Å². The summed E-state index contributed by atoms with van der Waals surface area (Å²) >= 11 is 0. The molecule has 0 saturated carbocycles. The number of ether oxygens (including phenoxy) is 2. The molecule has 0 aliphatic carbocycles. The van der Waals surface area contributed by atoms with E-state index in [0.717, 1.165) is 0 Å². The SMILES string of the molecule is OCC(O)C(O)C(O)C(CO)OC1OC(CO)C(O)C(O)C1O. The average molecular weight is 344 g/mol. The summed E-state index contributed by atoms with van der Waals surface area (Å²) in [6.07, 6.45) is -14.9. The summed E-state index contributed by atoms with van der Waals surface area (Å²) in [7, 11) is 0. The Balaban J connectivity index is 2.77. The lowest BCUT2D eigenvalue weighted by Crippen LogP contribution is -2.61. The summed E-state index contributed by atoms with van der Waals surface area (Å²) in [6.45, 7) is -2.40. The molecule has 0 aromatic rings. The minimum absolute atomic E-state index is 0.691. The van der Waals surface area contributed by atoms with E-state index in [0.29, 0.717) is 0 Å². The minimum atomic E-state index is -1.86. The maximum absolute atomic E-state index is 9.83. The van der Waals surface area contributed by atoms with E-state index in [-0.39, 0.29) is 0 Å². The van der Waals surface area contributed by atoms with Crippen LogP contribution in [0.5, 0.6) is 0 Å². The first kappa shape index (κ1) is 20.6. The molecule has 1 fully saturated rings. The van der Waals surface area contributed by atoms with Crippen molar-refractivity contribution in [2.24, 2.45) is 0 Å². The highest BCUT2D eigenvalue weighted by atomic mass is 16.7. The molecular formula is C12H24O11. The van der Waals surface area contributed by atoms with Gasteiger partial charge in [0.2, 0.25) is 0 Å². The maximum atomic E-state index is 9.83. The van der Waals surface area contributed by atoms with E-state index in [4.69, 9.17) is 19.7 Å². The molecule has 9 atom stereocenters. The fourth-order valence-electron chi connectivity index (χ4n) is 2.14. The molecule has 0 aromatic heterocycles. The van der Waals surface area contributed by atoms with Crippen LogP contribution in [0.4, 0.5) is 0 Å². The standard InChI is InChI=1S/C12H24O11/c13-1-4(16)7(17)8(18)5(2-14)22-12-11(21)10(20)9(19)6(3-15)23-12/h4-21H,1-3H2. The van der Waals surface area contributed by atoms with Gasteiger partial charge in [-0.25, -0.2) is 0 Å². The van der Waals surface area contributed by atoms with Gasteiger partial charge in [0, 0.05) is 0 Å². The fraction of sp³-hybridized carbons (Fsp3) is 1.00. The molecule has 1 heterocycles. The molecule has 0 radical (unpaired) electrons. The Morgan fingerprint density at radius 1 is 0.826 bits per heavy atom. The van der Waals surface area contributed by atoms with E-state index in [2.05, 4.69) is 0 Å². The first-order valence-electron chi connectivity index (χ1n) is 7.00. The lowest BCUT2D eigenvalue weighted by molar-refractivity contribution is -0.322. The Morgan fingerprint density at radius 2 is 1.43 bits per heavy atom. The average Bonchev–Trinajstić information content (AvgIpc) is 2.57. The van der Waals surface area contributed by atoms with Crippen LogP contribution in [0.1, 0.15) is 0 Å². The molecule has 11 nitrogen and oxygen atoms in total.